The normalized spacial score (nSPS) is 19.1. The van der Waals surface area contributed by atoms with Gasteiger partial charge in [0.25, 0.3) is 0 Å². The summed E-state index contributed by atoms with van der Waals surface area (Å²) in [6, 6.07) is 0. The van der Waals surface area contributed by atoms with Crippen molar-refractivity contribution in [2.45, 2.75) is 20.8 Å². The molecule has 0 unspecified atom stereocenters. The van der Waals surface area contributed by atoms with E-state index in [4.69, 9.17) is 0 Å². The molecule has 0 saturated heterocycles. The van der Waals surface area contributed by atoms with E-state index in [-0.39, 0.29) is 0 Å². The second kappa shape index (κ2) is 2.57. The summed E-state index contributed by atoms with van der Waals surface area (Å²) in [5, 5.41) is 0. The third-order valence-corrected chi connectivity index (χ3v) is 2.40. The number of hydrogen-bond acceptors (Lipinski definition) is 1. The molecule has 1 nitrogen and oxygen atoms in total. The van der Waals surface area contributed by atoms with Crippen molar-refractivity contribution in [2.24, 2.45) is 0 Å². The van der Waals surface area contributed by atoms with Gasteiger partial charge in [-0.15, -0.1) is 0 Å². The molecule has 0 saturated carbocycles. The first-order valence-electron chi connectivity index (χ1n) is 3.82. The third kappa shape index (κ3) is 1.23. The van der Waals surface area contributed by atoms with Crippen molar-refractivity contribution in [1.29, 1.82) is 0 Å². The Labute approximate surface area is 68.7 Å². The highest BCUT2D eigenvalue weighted by molar-refractivity contribution is 5.44. The highest BCUT2D eigenvalue weighted by Gasteiger charge is 2.11. The molecule has 11 heavy (non-hydrogen) atoms. The molecule has 0 spiro atoms. The predicted molar refractivity (Wildman–Crippen MR) is 49.0 cm³/mol. The lowest BCUT2D eigenvalue weighted by atomic mass is 9.99. The molecule has 0 aromatic heterocycles. The van der Waals surface area contributed by atoms with Gasteiger partial charge in [-0.05, 0) is 37.5 Å². The quantitative estimate of drug-likeness (QED) is 0.512. The fourth-order valence-corrected chi connectivity index (χ4v) is 1.24. The summed E-state index contributed by atoms with van der Waals surface area (Å²) in [5.74, 6) is 0. The molecule has 0 bridgehead atoms. The molecule has 60 valence electrons. The van der Waals surface area contributed by atoms with Crippen molar-refractivity contribution in [3.8, 4) is 0 Å². The maximum Gasteiger partial charge on any atom is 0.0363 e. The first kappa shape index (κ1) is 8.12. The van der Waals surface area contributed by atoms with Gasteiger partial charge in [0.05, 0.1) is 0 Å². The fourth-order valence-electron chi connectivity index (χ4n) is 1.24. The Bertz CT molecular complexity index is 256. The van der Waals surface area contributed by atoms with Gasteiger partial charge in [0.1, 0.15) is 0 Å². The van der Waals surface area contributed by atoms with E-state index in [0.717, 1.165) is 5.70 Å². The highest BCUT2D eigenvalue weighted by atomic mass is 15.1. The Hall–Kier alpha value is -0.980. The third-order valence-electron chi connectivity index (χ3n) is 2.40. The lowest BCUT2D eigenvalue weighted by Gasteiger charge is -2.26. The summed E-state index contributed by atoms with van der Waals surface area (Å²) in [5.41, 5.74) is 5.09. The number of likely N-dealkylation sites (N-methyl/N-ethyl adjacent to an activating group) is 1. The maximum absolute atomic E-state index is 3.98. The van der Waals surface area contributed by atoms with Crippen LogP contribution in [0.15, 0.2) is 35.2 Å². The van der Waals surface area contributed by atoms with Crippen LogP contribution < -0.4 is 0 Å². The van der Waals surface area contributed by atoms with Crippen molar-refractivity contribution >= 4 is 0 Å². The van der Waals surface area contributed by atoms with Crippen molar-refractivity contribution in [3.63, 3.8) is 0 Å². The minimum Gasteiger partial charge on any atom is -0.351 e. The van der Waals surface area contributed by atoms with Crippen molar-refractivity contribution in [3.05, 3.63) is 35.2 Å². The van der Waals surface area contributed by atoms with E-state index in [1.807, 2.05) is 7.05 Å². The number of nitrogens with zero attached hydrogens (tertiary/aromatic N) is 1. The summed E-state index contributed by atoms with van der Waals surface area (Å²) >= 11 is 0. The summed E-state index contributed by atoms with van der Waals surface area (Å²) in [6.45, 7) is 10.4. The molecule has 0 aromatic carbocycles. The van der Waals surface area contributed by atoms with E-state index in [1.165, 1.54) is 16.7 Å². The molecular formula is C10H15N. The number of rotatable bonds is 0. The van der Waals surface area contributed by atoms with Crippen LogP contribution in [0.4, 0.5) is 0 Å². The van der Waals surface area contributed by atoms with E-state index < -0.39 is 0 Å². The minimum atomic E-state index is 1.10. The lowest BCUT2D eigenvalue weighted by Crippen LogP contribution is -2.16. The lowest BCUT2D eigenvalue weighted by molar-refractivity contribution is 0.566. The van der Waals surface area contributed by atoms with Gasteiger partial charge in [0.15, 0.2) is 0 Å². The molecule has 0 aromatic rings. The van der Waals surface area contributed by atoms with Crippen LogP contribution in [0, 0.1) is 0 Å². The largest absolute Gasteiger partial charge is 0.351 e. The van der Waals surface area contributed by atoms with Gasteiger partial charge in [-0.25, -0.2) is 0 Å². The Morgan fingerprint density at radius 1 is 1.18 bits per heavy atom. The summed E-state index contributed by atoms with van der Waals surface area (Å²) in [6.07, 6.45) is 2.12. The van der Waals surface area contributed by atoms with E-state index in [0.29, 0.717) is 0 Å². The average Bonchev–Trinajstić information content (AvgIpc) is 1.97. The van der Waals surface area contributed by atoms with Gasteiger partial charge in [0.2, 0.25) is 0 Å². The SMILES string of the molecule is C=C1C(C)=C(C)C(C)=CN1C. The van der Waals surface area contributed by atoms with Crippen molar-refractivity contribution in [2.75, 3.05) is 7.05 Å². The average molecular weight is 149 g/mol. The first-order chi connectivity index (χ1) is 5.04. The topological polar surface area (TPSA) is 3.24 Å². The molecule has 0 fully saturated rings. The number of allylic oxidation sites excluding steroid dienone is 3. The molecule has 1 rings (SSSR count). The predicted octanol–water partition coefficient (Wildman–Crippen LogP) is 2.69. The van der Waals surface area contributed by atoms with Crippen LogP contribution in [0.5, 0.6) is 0 Å². The van der Waals surface area contributed by atoms with Crippen LogP contribution in [-0.2, 0) is 0 Å². The van der Waals surface area contributed by atoms with E-state index in [2.05, 4.69) is 38.5 Å². The second-order valence-electron chi connectivity index (χ2n) is 3.12. The Morgan fingerprint density at radius 2 is 1.73 bits per heavy atom. The first-order valence-corrected chi connectivity index (χ1v) is 3.82. The smallest absolute Gasteiger partial charge is 0.0363 e. The molecule has 1 aliphatic heterocycles. The summed E-state index contributed by atoms with van der Waals surface area (Å²) in [4.78, 5) is 2.07. The van der Waals surface area contributed by atoms with Crippen LogP contribution in [0.25, 0.3) is 0 Å². The van der Waals surface area contributed by atoms with Gasteiger partial charge in [0, 0.05) is 18.9 Å². The zero-order chi connectivity index (χ0) is 8.59. The van der Waals surface area contributed by atoms with Crippen LogP contribution in [0.2, 0.25) is 0 Å². The molecule has 0 atom stereocenters. The Kier molecular flexibility index (Phi) is 1.90. The maximum atomic E-state index is 3.98. The summed E-state index contributed by atoms with van der Waals surface area (Å²) in [7, 11) is 2.03. The van der Waals surface area contributed by atoms with Crippen LogP contribution in [0.1, 0.15) is 20.8 Å². The molecule has 0 aliphatic carbocycles. The molecular weight excluding hydrogens is 134 g/mol. The van der Waals surface area contributed by atoms with Crippen molar-refractivity contribution in [1.82, 2.24) is 4.90 Å². The van der Waals surface area contributed by atoms with Gasteiger partial charge in [-0.2, -0.15) is 0 Å². The van der Waals surface area contributed by atoms with Crippen LogP contribution in [-0.4, -0.2) is 11.9 Å². The summed E-state index contributed by atoms with van der Waals surface area (Å²) < 4.78 is 0. The highest BCUT2D eigenvalue weighted by Crippen LogP contribution is 2.26. The molecule has 1 heteroatoms. The minimum absolute atomic E-state index is 1.10. The molecule has 0 N–H and O–H groups in total. The van der Waals surface area contributed by atoms with E-state index in [9.17, 15) is 0 Å². The molecule has 0 amide bonds. The molecule has 1 aliphatic rings. The molecule has 0 radical (unpaired) electrons. The van der Waals surface area contributed by atoms with Gasteiger partial charge >= 0.3 is 0 Å². The van der Waals surface area contributed by atoms with Crippen molar-refractivity contribution < 1.29 is 0 Å². The van der Waals surface area contributed by atoms with Gasteiger partial charge in [-0.3, -0.25) is 0 Å². The Balaban J connectivity index is 3.12. The van der Waals surface area contributed by atoms with E-state index >= 15 is 0 Å². The van der Waals surface area contributed by atoms with E-state index in [1.54, 1.807) is 0 Å². The van der Waals surface area contributed by atoms with Crippen LogP contribution >= 0.6 is 0 Å². The standard InChI is InChI=1S/C10H15N/c1-7-6-11(5)10(4)9(3)8(7)2/h6H,4H2,1-3,5H3. The van der Waals surface area contributed by atoms with Gasteiger partial charge < -0.3 is 4.90 Å². The zero-order valence-electron chi connectivity index (χ0n) is 7.73. The Morgan fingerprint density at radius 3 is 2.27 bits per heavy atom. The zero-order valence-corrected chi connectivity index (χ0v) is 7.73. The number of hydrogen-bond donors (Lipinski definition) is 0. The molecule has 1 heterocycles. The van der Waals surface area contributed by atoms with Crippen LogP contribution in [0.3, 0.4) is 0 Å². The fraction of sp³-hybridized carbons (Fsp3) is 0.400. The van der Waals surface area contributed by atoms with Gasteiger partial charge in [-0.1, -0.05) is 6.58 Å². The monoisotopic (exact) mass is 149 g/mol. The second-order valence-corrected chi connectivity index (χ2v) is 3.12.